The van der Waals surface area contributed by atoms with Crippen LogP contribution in [0.3, 0.4) is 0 Å². The maximum atomic E-state index is 13.1. The lowest BCUT2D eigenvalue weighted by molar-refractivity contribution is 0.104. The molecule has 1 aliphatic rings. The van der Waals surface area contributed by atoms with E-state index in [1.165, 1.54) is 25.0 Å². The van der Waals surface area contributed by atoms with Gasteiger partial charge in [0.25, 0.3) is 0 Å². The number of rotatable bonds is 5. The summed E-state index contributed by atoms with van der Waals surface area (Å²) in [6.45, 7) is 0.915. The molecule has 2 N–H and O–H groups in total. The van der Waals surface area contributed by atoms with Crippen LogP contribution in [0.5, 0.6) is 0 Å². The third kappa shape index (κ3) is 4.21. The Kier molecular flexibility index (Phi) is 4.68. The minimum atomic E-state index is -0.258. The van der Waals surface area contributed by atoms with Crippen molar-refractivity contribution in [3.63, 3.8) is 0 Å². The highest BCUT2D eigenvalue weighted by Gasteiger charge is 2.14. The van der Waals surface area contributed by atoms with Gasteiger partial charge in [-0.1, -0.05) is 0 Å². The number of nitrogens with two attached hydrogens (primary N) is 1. The maximum Gasteiger partial charge on any atom is 0.126 e. The molecule has 2 nitrogen and oxygen atoms in total. The standard InChI is InChI=1S/C13H18FNOS/c14-10-7-11(15)9-13(8-10)17-6-2-4-12-3-1-5-16-12/h7-9,12H,1-6,15H2. The fourth-order valence-electron chi connectivity index (χ4n) is 2.04. The van der Waals surface area contributed by atoms with Crippen LogP contribution in [-0.4, -0.2) is 18.5 Å². The summed E-state index contributed by atoms with van der Waals surface area (Å²) in [5.74, 6) is 0.731. The van der Waals surface area contributed by atoms with Crippen LogP contribution in [0.4, 0.5) is 10.1 Å². The first-order valence-corrected chi connectivity index (χ1v) is 7.03. The van der Waals surface area contributed by atoms with E-state index in [2.05, 4.69) is 0 Å². The molecule has 0 spiro atoms. The van der Waals surface area contributed by atoms with Gasteiger partial charge in [-0.05, 0) is 49.6 Å². The molecule has 1 aromatic carbocycles. The molecule has 1 fully saturated rings. The largest absolute Gasteiger partial charge is 0.399 e. The molecule has 1 atom stereocenters. The van der Waals surface area contributed by atoms with Gasteiger partial charge in [0.15, 0.2) is 0 Å². The fourth-order valence-corrected chi connectivity index (χ4v) is 3.00. The molecule has 0 aromatic heterocycles. The van der Waals surface area contributed by atoms with E-state index in [9.17, 15) is 4.39 Å². The molecule has 1 saturated heterocycles. The number of thioether (sulfide) groups is 1. The van der Waals surface area contributed by atoms with E-state index in [-0.39, 0.29) is 5.82 Å². The van der Waals surface area contributed by atoms with Gasteiger partial charge in [0.2, 0.25) is 0 Å². The molecule has 1 aromatic rings. The van der Waals surface area contributed by atoms with Crippen molar-refractivity contribution in [1.29, 1.82) is 0 Å². The third-order valence-electron chi connectivity index (χ3n) is 2.86. The number of ether oxygens (including phenoxy) is 1. The van der Waals surface area contributed by atoms with Crippen molar-refractivity contribution in [2.75, 3.05) is 18.1 Å². The van der Waals surface area contributed by atoms with Crippen molar-refractivity contribution >= 4 is 17.4 Å². The first-order chi connectivity index (χ1) is 8.24. The predicted molar refractivity (Wildman–Crippen MR) is 69.7 cm³/mol. The van der Waals surface area contributed by atoms with Gasteiger partial charge in [-0.2, -0.15) is 0 Å². The number of hydrogen-bond donors (Lipinski definition) is 1. The van der Waals surface area contributed by atoms with Crippen molar-refractivity contribution in [3.8, 4) is 0 Å². The van der Waals surface area contributed by atoms with Crippen LogP contribution in [0.2, 0.25) is 0 Å². The summed E-state index contributed by atoms with van der Waals surface area (Å²) in [4.78, 5) is 0.912. The molecular weight excluding hydrogens is 237 g/mol. The van der Waals surface area contributed by atoms with Crippen molar-refractivity contribution in [2.45, 2.75) is 36.7 Å². The number of hydrogen-bond acceptors (Lipinski definition) is 3. The molecular formula is C13H18FNOS. The molecule has 1 unspecified atom stereocenters. The van der Waals surface area contributed by atoms with Crippen LogP contribution in [0.15, 0.2) is 23.1 Å². The quantitative estimate of drug-likeness (QED) is 0.497. The first kappa shape index (κ1) is 12.7. The average Bonchev–Trinajstić information content (AvgIpc) is 2.76. The molecule has 0 amide bonds. The number of halogens is 1. The van der Waals surface area contributed by atoms with Crippen LogP contribution in [0.25, 0.3) is 0 Å². The zero-order valence-electron chi connectivity index (χ0n) is 9.82. The topological polar surface area (TPSA) is 35.2 Å². The average molecular weight is 255 g/mol. The first-order valence-electron chi connectivity index (χ1n) is 6.04. The van der Waals surface area contributed by atoms with E-state index in [4.69, 9.17) is 10.5 Å². The zero-order chi connectivity index (χ0) is 12.1. The Hall–Kier alpha value is -0.740. The van der Waals surface area contributed by atoms with Crippen LogP contribution >= 0.6 is 11.8 Å². The van der Waals surface area contributed by atoms with Crippen molar-refractivity contribution in [1.82, 2.24) is 0 Å². The number of nitrogen functional groups attached to an aromatic ring is 1. The van der Waals surface area contributed by atoms with Crippen LogP contribution in [0.1, 0.15) is 25.7 Å². The van der Waals surface area contributed by atoms with Gasteiger partial charge < -0.3 is 10.5 Å². The highest BCUT2D eigenvalue weighted by atomic mass is 32.2. The van der Waals surface area contributed by atoms with Crippen LogP contribution in [0, 0.1) is 5.82 Å². The summed E-state index contributed by atoms with van der Waals surface area (Å²) in [7, 11) is 0. The second kappa shape index (κ2) is 6.26. The summed E-state index contributed by atoms with van der Waals surface area (Å²) >= 11 is 1.66. The number of benzene rings is 1. The fraction of sp³-hybridized carbons (Fsp3) is 0.538. The Morgan fingerprint density at radius 3 is 3.00 bits per heavy atom. The summed E-state index contributed by atoms with van der Waals surface area (Å²) in [6.07, 6.45) is 5.05. The van der Waals surface area contributed by atoms with Crippen molar-refractivity contribution in [3.05, 3.63) is 24.0 Å². The molecule has 1 aliphatic heterocycles. The molecule has 17 heavy (non-hydrogen) atoms. The zero-order valence-corrected chi connectivity index (χ0v) is 10.6. The molecule has 2 rings (SSSR count). The summed E-state index contributed by atoms with van der Waals surface area (Å²) < 4.78 is 18.6. The van der Waals surface area contributed by atoms with Crippen molar-refractivity contribution in [2.24, 2.45) is 0 Å². The summed E-state index contributed by atoms with van der Waals surface area (Å²) in [5.41, 5.74) is 6.08. The lowest BCUT2D eigenvalue weighted by atomic mass is 10.1. The molecule has 94 valence electrons. The van der Waals surface area contributed by atoms with Gasteiger partial charge in [0, 0.05) is 17.2 Å². The predicted octanol–water partition coefficient (Wildman–Crippen LogP) is 3.46. The van der Waals surface area contributed by atoms with E-state index in [0.717, 1.165) is 30.1 Å². The smallest absolute Gasteiger partial charge is 0.126 e. The van der Waals surface area contributed by atoms with Gasteiger partial charge in [0.05, 0.1) is 6.10 Å². The third-order valence-corrected chi connectivity index (χ3v) is 3.92. The van der Waals surface area contributed by atoms with E-state index < -0.39 is 0 Å². The van der Waals surface area contributed by atoms with Gasteiger partial charge in [-0.15, -0.1) is 11.8 Å². The molecule has 0 bridgehead atoms. The molecule has 1 heterocycles. The Balaban J connectivity index is 1.70. The highest BCUT2D eigenvalue weighted by Crippen LogP contribution is 2.24. The second-order valence-electron chi connectivity index (χ2n) is 4.35. The lowest BCUT2D eigenvalue weighted by Crippen LogP contribution is -2.04. The van der Waals surface area contributed by atoms with E-state index in [1.807, 2.05) is 6.07 Å². The second-order valence-corrected chi connectivity index (χ2v) is 5.51. The monoisotopic (exact) mass is 255 g/mol. The lowest BCUT2D eigenvalue weighted by Gasteiger charge is -2.08. The summed E-state index contributed by atoms with van der Waals surface area (Å²) in [6, 6.07) is 4.70. The minimum Gasteiger partial charge on any atom is -0.399 e. The van der Waals surface area contributed by atoms with Gasteiger partial charge in [-0.25, -0.2) is 4.39 Å². The van der Waals surface area contributed by atoms with Crippen LogP contribution < -0.4 is 5.73 Å². The van der Waals surface area contributed by atoms with E-state index >= 15 is 0 Å². The van der Waals surface area contributed by atoms with Crippen LogP contribution in [-0.2, 0) is 4.74 Å². The van der Waals surface area contributed by atoms with Gasteiger partial charge in [0.1, 0.15) is 5.82 Å². The Bertz CT molecular complexity index is 346. The Morgan fingerprint density at radius 2 is 2.29 bits per heavy atom. The van der Waals surface area contributed by atoms with E-state index in [1.54, 1.807) is 11.8 Å². The molecule has 0 aliphatic carbocycles. The SMILES string of the molecule is Nc1cc(F)cc(SCCCC2CCCO2)c1. The molecule has 4 heteroatoms. The summed E-state index contributed by atoms with van der Waals surface area (Å²) in [5, 5.41) is 0. The van der Waals surface area contributed by atoms with Gasteiger partial charge in [-0.3, -0.25) is 0 Å². The molecule has 0 radical (unpaired) electrons. The highest BCUT2D eigenvalue weighted by molar-refractivity contribution is 7.99. The number of anilines is 1. The van der Waals surface area contributed by atoms with Gasteiger partial charge >= 0.3 is 0 Å². The minimum absolute atomic E-state index is 0.258. The molecule has 0 saturated carbocycles. The van der Waals surface area contributed by atoms with Crippen molar-refractivity contribution < 1.29 is 9.13 Å². The Morgan fingerprint density at radius 1 is 1.41 bits per heavy atom. The normalized spacial score (nSPS) is 19.7. The van der Waals surface area contributed by atoms with E-state index in [0.29, 0.717) is 11.8 Å². The maximum absolute atomic E-state index is 13.1. The Labute approximate surface area is 106 Å².